The van der Waals surface area contributed by atoms with Crippen molar-refractivity contribution in [2.75, 3.05) is 24.2 Å². The van der Waals surface area contributed by atoms with E-state index in [2.05, 4.69) is 22.4 Å². The van der Waals surface area contributed by atoms with Crippen molar-refractivity contribution in [3.8, 4) is 5.75 Å². The summed E-state index contributed by atoms with van der Waals surface area (Å²) in [6, 6.07) is 7.89. The van der Waals surface area contributed by atoms with Crippen LogP contribution in [-0.2, 0) is 0 Å². The maximum absolute atomic E-state index is 5.59. The highest BCUT2D eigenvalue weighted by Crippen LogP contribution is 2.28. The smallest absolute Gasteiger partial charge is 0.170 e. The number of ether oxygens (including phenoxy) is 1. The molecule has 0 atom stereocenters. The molecule has 1 aromatic carbocycles. The molecule has 0 spiro atoms. The Hall–Kier alpha value is -0.940. The Morgan fingerprint density at radius 2 is 2.04 bits per heavy atom. The van der Waals surface area contributed by atoms with Crippen molar-refractivity contribution in [2.45, 2.75) is 50.7 Å². The first-order valence-corrected chi connectivity index (χ1v) is 10.1. The van der Waals surface area contributed by atoms with Gasteiger partial charge in [0.1, 0.15) is 5.75 Å². The first-order chi connectivity index (χ1) is 11.3. The largest absolute Gasteiger partial charge is 0.492 e. The molecule has 23 heavy (non-hydrogen) atoms. The van der Waals surface area contributed by atoms with Crippen molar-refractivity contribution in [1.29, 1.82) is 0 Å². The summed E-state index contributed by atoms with van der Waals surface area (Å²) in [5.41, 5.74) is 0.920. The van der Waals surface area contributed by atoms with Gasteiger partial charge in [-0.25, -0.2) is 0 Å². The molecule has 5 heteroatoms. The van der Waals surface area contributed by atoms with Gasteiger partial charge < -0.3 is 15.4 Å². The van der Waals surface area contributed by atoms with Gasteiger partial charge in [0, 0.05) is 11.8 Å². The van der Waals surface area contributed by atoms with Crippen molar-refractivity contribution in [2.24, 2.45) is 0 Å². The van der Waals surface area contributed by atoms with E-state index < -0.39 is 0 Å². The predicted molar refractivity (Wildman–Crippen MR) is 106 cm³/mol. The summed E-state index contributed by atoms with van der Waals surface area (Å²) in [6.07, 6.45) is 8.24. The number of thioether (sulfide) groups is 1. The molecule has 1 fully saturated rings. The Kier molecular flexibility index (Phi) is 8.61. The molecule has 0 aliphatic heterocycles. The molecule has 128 valence electrons. The van der Waals surface area contributed by atoms with Crippen molar-refractivity contribution in [3.63, 3.8) is 0 Å². The fourth-order valence-electron chi connectivity index (χ4n) is 2.77. The summed E-state index contributed by atoms with van der Waals surface area (Å²) in [5, 5.41) is 8.08. The second-order valence-corrected chi connectivity index (χ2v) is 7.61. The molecule has 0 unspecified atom stereocenters. The standard InChI is InChI=1S/C18H28N2OS2/c1-2-21-17-12-7-6-11-16(17)20-18(22)19-13-8-14-23-15-9-4-3-5-10-15/h6-7,11-12,15H,2-5,8-10,13-14H2,1H3,(H2,19,20,22). The van der Waals surface area contributed by atoms with Crippen LogP contribution < -0.4 is 15.4 Å². The van der Waals surface area contributed by atoms with E-state index in [0.29, 0.717) is 11.7 Å². The van der Waals surface area contributed by atoms with Gasteiger partial charge in [0.15, 0.2) is 5.11 Å². The van der Waals surface area contributed by atoms with Crippen molar-refractivity contribution in [3.05, 3.63) is 24.3 Å². The van der Waals surface area contributed by atoms with Gasteiger partial charge in [-0.05, 0) is 56.3 Å². The van der Waals surface area contributed by atoms with E-state index in [1.165, 1.54) is 37.9 Å². The number of hydrogen-bond donors (Lipinski definition) is 2. The molecular weight excluding hydrogens is 324 g/mol. The molecule has 0 bridgehead atoms. The van der Waals surface area contributed by atoms with Gasteiger partial charge >= 0.3 is 0 Å². The highest BCUT2D eigenvalue weighted by atomic mass is 32.2. The zero-order chi connectivity index (χ0) is 16.3. The highest BCUT2D eigenvalue weighted by Gasteiger charge is 2.13. The van der Waals surface area contributed by atoms with Gasteiger partial charge in [0.25, 0.3) is 0 Å². The Balaban J connectivity index is 1.61. The summed E-state index contributed by atoms with van der Waals surface area (Å²) in [7, 11) is 0. The molecule has 0 heterocycles. The van der Waals surface area contributed by atoms with Crippen LogP contribution in [-0.4, -0.2) is 29.3 Å². The second-order valence-electron chi connectivity index (χ2n) is 5.79. The molecule has 1 saturated carbocycles. The maximum atomic E-state index is 5.59. The fraction of sp³-hybridized carbons (Fsp3) is 0.611. The second kappa shape index (κ2) is 10.8. The maximum Gasteiger partial charge on any atom is 0.170 e. The van der Waals surface area contributed by atoms with Gasteiger partial charge in [0.05, 0.1) is 12.3 Å². The molecule has 0 saturated heterocycles. The highest BCUT2D eigenvalue weighted by molar-refractivity contribution is 7.99. The van der Waals surface area contributed by atoms with Crippen LogP contribution in [0.25, 0.3) is 0 Å². The van der Waals surface area contributed by atoms with E-state index in [1.54, 1.807) is 0 Å². The predicted octanol–water partition coefficient (Wildman–Crippen LogP) is 4.83. The van der Waals surface area contributed by atoms with E-state index in [9.17, 15) is 0 Å². The Bertz CT molecular complexity index is 476. The van der Waals surface area contributed by atoms with Crippen molar-refractivity contribution >= 4 is 34.8 Å². The SMILES string of the molecule is CCOc1ccccc1NC(=S)NCCCSC1CCCCC1. The van der Waals surface area contributed by atoms with Crippen LogP contribution in [0.4, 0.5) is 5.69 Å². The van der Waals surface area contributed by atoms with Gasteiger partial charge in [-0.2, -0.15) is 11.8 Å². The third kappa shape index (κ3) is 7.00. The monoisotopic (exact) mass is 352 g/mol. The minimum Gasteiger partial charge on any atom is -0.492 e. The lowest BCUT2D eigenvalue weighted by Crippen LogP contribution is -2.29. The molecule has 2 rings (SSSR count). The first kappa shape index (κ1) is 18.4. The first-order valence-electron chi connectivity index (χ1n) is 8.68. The summed E-state index contributed by atoms with van der Waals surface area (Å²) in [5.74, 6) is 2.06. The van der Waals surface area contributed by atoms with E-state index in [4.69, 9.17) is 17.0 Å². The molecule has 0 amide bonds. The topological polar surface area (TPSA) is 33.3 Å². The normalized spacial score (nSPS) is 15.2. The van der Waals surface area contributed by atoms with E-state index >= 15 is 0 Å². The van der Waals surface area contributed by atoms with Crippen LogP contribution >= 0.6 is 24.0 Å². The molecule has 1 aliphatic carbocycles. The molecule has 0 aromatic heterocycles. The third-order valence-corrected chi connectivity index (χ3v) is 5.66. The molecule has 0 radical (unpaired) electrons. The molecule has 1 aromatic rings. The zero-order valence-electron chi connectivity index (χ0n) is 14.0. The average Bonchev–Trinajstić information content (AvgIpc) is 2.57. The summed E-state index contributed by atoms with van der Waals surface area (Å²) >= 11 is 7.51. The number of para-hydroxylation sites is 2. The summed E-state index contributed by atoms with van der Waals surface area (Å²) < 4.78 is 5.59. The van der Waals surface area contributed by atoms with Gasteiger partial charge in [-0.1, -0.05) is 31.4 Å². The Labute approximate surface area is 150 Å². The molecule has 1 aliphatic rings. The molecular formula is C18H28N2OS2. The number of hydrogen-bond acceptors (Lipinski definition) is 3. The van der Waals surface area contributed by atoms with Crippen LogP contribution in [0.3, 0.4) is 0 Å². The van der Waals surface area contributed by atoms with E-state index in [-0.39, 0.29) is 0 Å². The van der Waals surface area contributed by atoms with Gasteiger partial charge in [0.2, 0.25) is 0 Å². The zero-order valence-corrected chi connectivity index (χ0v) is 15.6. The summed E-state index contributed by atoms with van der Waals surface area (Å²) in [6.45, 7) is 3.55. The van der Waals surface area contributed by atoms with E-state index in [0.717, 1.165) is 29.7 Å². The number of rotatable bonds is 8. The van der Waals surface area contributed by atoms with Crippen molar-refractivity contribution < 1.29 is 4.74 Å². The lowest BCUT2D eigenvalue weighted by molar-refractivity contribution is 0.342. The summed E-state index contributed by atoms with van der Waals surface area (Å²) in [4.78, 5) is 0. The average molecular weight is 353 g/mol. The van der Waals surface area contributed by atoms with Crippen LogP contribution in [0.15, 0.2) is 24.3 Å². The third-order valence-electron chi connectivity index (χ3n) is 3.95. The quantitative estimate of drug-likeness (QED) is 0.517. The van der Waals surface area contributed by atoms with Crippen LogP contribution in [0.1, 0.15) is 45.4 Å². The van der Waals surface area contributed by atoms with Gasteiger partial charge in [-0.15, -0.1) is 0 Å². The van der Waals surface area contributed by atoms with Crippen molar-refractivity contribution in [1.82, 2.24) is 5.32 Å². The van der Waals surface area contributed by atoms with Crippen LogP contribution in [0, 0.1) is 0 Å². The number of anilines is 1. The fourth-order valence-corrected chi connectivity index (χ4v) is 4.30. The van der Waals surface area contributed by atoms with Crippen LogP contribution in [0.2, 0.25) is 0 Å². The van der Waals surface area contributed by atoms with Gasteiger partial charge in [-0.3, -0.25) is 0 Å². The van der Waals surface area contributed by atoms with E-state index in [1.807, 2.05) is 31.2 Å². The minimum atomic E-state index is 0.650. The molecule has 2 N–H and O–H groups in total. The lowest BCUT2D eigenvalue weighted by atomic mass is 10.0. The number of thiocarbonyl (C=S) groups is 1. The lowest BCUT2D eigenvalue weighted by Gasteiger charge is -2.21. The van der Waals surface area contributed by atoms with Crippen LogP contribution in [0.5, 0.6) is 5.75 Å². The number of benzene rings is 1. The minimum absolute atomic E-state index is 0.650. The Morgan fingerprint density at radius 3 is 2.83 bits per heavy atom. The number of nitrogens with one attached hydrogen (secondary N) is 2. The molecule has 3 nitrogen and oxygen atoms in total. The Morgan fingerprint density at radius 1 is 1.26 bits per heavy atom.